The number of hydrogen-bond donors (Lipinski definition) is 3. The van der Waals surface area contributed by atoms with Crippen LogP contribution in [0.2, 0.25) is 0 Å². The summed E-state index contributed by atoms with van der Waals surface area (Å²) >= 11 is 0. The molecule has 88 valence electrons. The van der Waals surface area contributed by atoms with Crippen molar-refractivity contribution >= 4 is 11.7 Å². The monoisotopic (exact) mass is 224 g/mol. The van der Waals surface area contributed by atoms with Crippen molar-refractivity contribution in [3.8, 4) is 0 Å². The summed E-state index contributed by atoms with van der Waals surface area (Å²) in [7, 11) is 0. The molecule has 16 heavy (non-hydrogen) atoms. The average Bonchev–Trinajstić information content (AvgIpc) is 2.85. The number of nitrogens with two attached hydrogens (primary N) is 1. The molecule has 1 atom stereocenters. The normalized spacial score (nSPS) is 24.6. The number of anilines is 1. The molecule has 2 heterocycles. The number of amides is 1. The van der Waals surface area contributed by atoms with Gasteiger partial charge in [0.05, 0.1) is 6.20 Å². The number of carbonyl (C=O) groups excluding carboxylic acids is 1. The average molecular weight is 224 g/mol. The van der Waals surface area contributed by atoms with Crippen LogP contribution < -0.4 is 11.1 Å². The second-order valence-corrected chi connectivity index (χ2v) is 4.17. The second-order valence-electron chi connectivity index (χ2n) is 4.17. The highest BCUT2D eigenvalue weighted by atomic mass is 16.5. The maximum Gasteiger partial charge on any atom is 0.252 e. The van der Waals surface area contributed by atoms with Gasteiger partial charge in [0.25, 0.3) is 5.91 Å². The Balaban J connectivity index is 1.91. The van der Waals surface area contributed by atoms with Crippen LogP contribution in [0.4, 0.5) is 5.82 Å². The van der Waals surface area contributed by atoms with Crippen molar-refractivity contribution in [2.45, 2.75) is 31.9 Å². The van der Waals surface area contributed by atoms with E-state index in [1.165, 1.54) is 0 Å². The van der Waals surface area contributed by atoms with Gasteiger partial charge in [-0.25, -0.2) is 0 Å². The molecule has 1 fully saturated rings. The van der Waals surface area contributed by atoms with E-state index in [1.807, 2.05) is 6.92 Å². The summed E-state index contributed by atoms with van der Waals surface area (Å²) in [6.07, 6.45) is 3.30. The first kappa shape index (κ1) is 10.9. The standard InChI is InChI=1S/C10H16N4O2/c1-10(3-2-4-16-10)9(15)12-5-7-6-13-14-8(7)11/h6H,2-5H2,1H3,(H,12,15)(H3,11,13,14). The number of carbonyl (C=O) groups is 1. The Bertz CT molecular complexity index is 382. The summed E-state index contributed by atoms with van der Waals surface area (Å²) in [5.74, 6) is 0.392. The molecule has 0 radical (unpaired) electrons. The molecule has 1 aromatic rings. The van der Waals surface area contributed by atoms with Crippen LogP contribution in [0, 0.1) is 0 Å². The largest absolute Gasteiger partial charge is 0.384 e. The van der Waals surface area contributed by atoms with E-state index in [9.17, 15) is 4.79 Å². The molecule has 1 unspecified atom stereocenters. The minimum absolute atomic E-state index is 0.0920. The highest BCUT2D eigenvalue weighted by molar-refractivity contribution is 5.85. The van der Waals surface area contributed by atoms with E-state index in [2.05, 4.69) is 15.5 Å². The Kier molecular flexibility index (Phi) is 2.82. The third kappa shape index (κ3) is 2.01. The van der Waals surface area contributed by atoms with Crippen LogP contribution in [0.15, 0.2) is 6.20 Å². The fraction of sp³-hybridized carbons (Fsp3) is 0.600. The molecule has 1 aromatic heterocycles. The second kappa shape index (κ2) is 4.13. The van der Waals surface area contributed by atoms with Crippen molar-refractivity contribution in [3.05, 3.63) is 11.8 Å². The van der Waals surface area contributed by atoms with E-state index < -0.39 is 5.60 Å². The van der Waals surface area contributed by atoms with Gasteiger partial charge in [0.2, 0.25) is 0 Å². The highest BCUT2D eigenvalue weighted by Crippen LogP contribution is 2.25. The van der Waals surface area contributed by atoms with Gasteiger partial charge < -0.3 is 15.8 Å². The van der Waals surface area contributed by atoms with Crippen LogP contribution in [0.3, 0.4) is 0 Å². The highest BCUT2D eigenvalue weighted by Gasteiger charge is 2.37. The molecule has 1 aliphatic heterocycles. The summed E-state index contributed by atoms with van der Waals surface area (Å²) in [5, 5.41) is 9.20. The van der Waals surface area contributed by atoms with E-state index in [0.717, 1.165) is 18.4 Å². The van der Waals surface area contributed by atoms with Gasteiger partial charge in [-0.3, -0.25) is 9.89 Å². The van der Waals surface area contributed by atoms with Crippen LogP contribution in [0.1, 0.15) is 25.3 Å². The number of ether oxygens (including phenoxy) is 1. The van der Waals surface area contributed by atoms with Crippen molar-refractivity contribution in [1.29, 1.82) is 0 Å². The third-order valence-electron chi connectivity index (χ3n) is 2.89. The van der Waals surface area contributed by atoms with Gasteiger partial charge in [-0.1, -0.05) is 0 Å². The van der Waals surface area contributed by atoms with Crippen molar-refractivity contribution in [2.75, 3.05) is 12.3 Å². The number of aromatic nitrogens is 2. The smallest absolute Gasteiger partial charge is 0.252 e. The third-order valence-corrected chi connectivity index (χ3v) is 2.89. The zero-order valence-electron chi connectivity index (χ0n) is 9.25. The van der Waals surface area contributed by atoms with Crippen LogP contribution in [0.25, 0.3) is 0 Å². The topological polar surface area (TPSA) is 93.0 Å². The molecule has 6 heteroatoms. The number of nitrogens with one attached hydrogen (secondary N) is 2. The minimum Gasteiger partial charge on any atom is -0.384 e. The number of aromatic amines is 1. The Morgan fingerprint density at radius 1 is 1.81 bits per heavy atom. The van der Waals surface area contributed by atoms with Crippen LogP contribution in [-0.4, -0.2) is 28.3 Å². The zero-order chi connectivity index (χ0) is 11.6. The fourth-order valence-corrected chi connectivity index (χ4v) is 1.78. The van der Waals surface area contributed by atoms with Gasteiger partial charge in [-0.2, -0.15) is 5.10 Å². The molecule has 2 rings (SSSR count). The molecule has 1 amide bonds. The molecule has 0 saturated carbocycles. The first-order valence-electron chi connectivity index (χ1n) is 5.32. The molecular formula is C10H16N4O2. The summed E-state index contributed by atoms with van der Waals surface area (Å²) < 4.78 is 5.44. The van der Waals surface area contributed by atoms with Crippen LogP contribution >= 0.6 is 0 Å². The first-order valence-corrected chi connectivity index (χ1v) is 5.32. The fourth-order valence-electron chi connectivity index (χ4n) is 1.78. The van der Waals surface area contributed by atoms with Crippen molar-refractivity contribution in [2.24, 2.45) is 0 Å². The lowest BCUT2D eigenvalue weighted by Gasteiger charge is -2.21. The summed E-state index contributed by atoms with van der Waals surface area (Å²) in [5.41, 5.74) is 5.72. The van der Waals surface area contributed by atoms with Gasteiger partial charge in [0.1, 0.15) is 11.4 Å². The van der Waals surface area contributed by atoms with Crippen LogP contribution in [0.5, 0.6) is 0 Å². The van der Waals surface area contributed by atoms with E-state index in [0.29, 0.717) is 19.0 Å². The Morgan fingerprint density at radius 2 is 2.62 bits per heavy atom. The predicted octanol–water partition coefficient (Wildman–Crippen LogP) is 0.177. The lowest BCUT2D eigenvalue weighted by molar-refractivity contribution is -0.139. The minimum atomic E-state index is -0.682. The first-order chi connectivity index (χ1) is 7.62. The Hall–Kier alpha value is -1.56. The van der Waals surface area contributed by atoms with E-state index in [4.69, 9.17) is 10.5 Å². The van der Waals surface area contributed by atoms with Gasteiger partial charge >= 0.3 is 0 Å². The van der Waals surface area contributed by atoms with Gasteiger partial charge in [-0.15, -0.1) is 0 Å². The number of rotatable bonds is 3. The Labute approximate surface area is 93.5 Å². The molecule has 1 aliphatic rings. The van der Waals surface area contributed by atoms with Gasteiger partial charge in [0.15, 0.2) is 0 Å². The Morgan fingerprint density at radius 3 is 3.19 bits per heavy atom. The maximum atomic E-state index is 11.9. The maximum absolute atomic E-state index is 11.9. The molecule has 1 saturated heterocycles. The molecule has 4 N–H and O–H groups in total. The molecule has 0 aromatic carbocycles. The van der Waals surface area contributed by atoms with Crippen LogP contribution in [-0.2, 0) is 16.1 Å². The SMILES string of the molecule is CC1(C(=O)NCc2cn[nH]c2N)CCCO1. The van der Waals surface area contributed by atoms with E-state index in [1.54, 1.807) is 6.20 Å². The van der Waals surface area contributed by atoms with Crippen molar-refractivity contribution in [3.63, 3.8) is 0 Å². The lowest BCUT2D eigenvalue weighted by Crippen LogP contribution is -2.43. The van der Waals surface area contributed by atoms with Gasteiger partial charge in [0, 0.05) is 18.7 Å². The summed E-state index contributed by atoms with van der Waals surface area (Å²) in [4.78, 5) is 11.9. The number of nitrogens with zero attached hydrogens (tertiary/aromatic N) is 1. The zero-order valence-corrected chi connectivity index (χ0v) is 9.25. The van der Waals surface area contributed by atoms with Crippen molar-refractivity contribution in [1.82, 2.24) is 15.5 Å². The molecule has 0 aliphatic carbocycles. The molecule has 0 spiro atoms. The summed E-state index contributed by atoms with van der Waals surface area (Å²) in [6, 6.07) is 0. The number of hydrogen-bond acceptors (Lipinski definition) is 4. The predicted molar refractivity (Wildman–Crippen MR) is 58.4 cm³/mol. The molecular weight excluding hydrogens is 208 g/mol. The molecule has 6 nitrogen and oxygen atoms in total. The number of H-pyrrole nitrogens is 1. The van der Waals surface area contributed by atoms with Gasteiger partial charge in [-0.05, 0) is 19.8 Å². The quantitative estimate of drug-likeness (QED) is 0.682. The van der Waals surface area contributed by atoms with E-state index in [-0.39, 0.29) is 5.91 Å². The summed E-state index contributed by atoms with van der Waals surface area (Å²) in [6.45, 7) is 2.84. The lowest BCUT2D eigenvalue weighted by atomic mass is 10.0. The molecule has 0 bridgehead atoms. The van der Waals surface area contributed by atoms with E-state index >= 15 is 0 Å². The number of nitrogen functional groups attached to an aromatic ring is 1. The van der Waals surface area contributed by atoms with Crippen molar-refractivity contribution < 1.29 is 9.53 Å².